The Morgan fingerprint density at radius 1 is 1.17 bits per heavy atom. The fourth-order valence-corrected chi connectivity index (χ4v) is 3.12. The number of rotatable bonds is 5. The summed E-state index contributed by atoms with van der Waals surface area (Å²) in [4.78, 5) is 0.201. The highest BCUT2D eigenvalue weighted by Crippen LogP contribution is 2.25. The highest BCUT2D eigenvalue weighted by Gasteiger charge is 2.17. The van der Waals surface area contributed by atoms with E-state index in [0.29, 0.717) is 5.69 Å². The van der Waals surface area contributed by atoms with Crippen molar-refractivity contribution in [2.45, 2.75) is 17.9 Å². The lowest BCUT2D eigenvalue weighted by Crippen LogP contribution is -2.22. The van der Waals surface area contributed by atoms with Gasteiger partial charge in [0.15, 0.2) is 0 Å². The number of benzene rings is 2. The lowest BCUT2D eigenvalue weighted by atomic mass is 10.1. The van der Waals surface area contributed by atoms with Gasteiger partial charge in [-0.05, 0) is 36.8 Å². The summed E-state index contributed by atoms with van der Waals surface area (Å²) in [6, 6.07) is 12.4. The van der Waals surface area contributed by atoms with E-state index < -0.39 is 15.8 Å². The van der Waals surface area contributed by atoms with Gasteiger partial charge >= 0.3 is 0 Å². The maximum atomic E-state index is 13.6. The number of halogens is 1. The van der Waals surface area contributed by atoms with Gasteiger partial charge < -0.3 is 5.32 Å². The van der Waals surface area contributed by atoms with Crippen LogP contribution in [0, 0.1) is 17.1 Å². The van der Waals surface area contributed by atoms with E-state index in [1.165, 1.54) is 38.4 Å². The van der Waals surface area contributed by atoms with Crippen molar-refractivity contribution in [2.24, 2.45) is 0 Å². The topological polar surface area (TPSA) is 73.2 Å². The first kappa shape index (κ1) is 17.9. The van der Waals surface area contributed by atoms with Crippen molar-refractivity contribution < 1.29 is 12.8 Å². The molecule has 0 heterocycles. The zero-order valence-corrected chi connectivity index (χ0v) is 14.4. The van der Waals surface area contributed by atoms with Gasteiger partial charge in [-0.3, -0.25) is 0 Å². The van der Waals surface area contributed by atoms with Crippen LogP contribution in [0.3, 0.4) is 0 Å². The molecule has 0 aromatic heterocycles. The van der Waals surface area contributed by atoms with E-state index in [1.807, 2.05) is 13.0 Å². The predicted octanol–water partition coefficient (Wildman–Crippen LogP) is 3.12. The first-order valence-electron chi connectivity index (χ1n) is 7.25. The Morgan fingerprint density at radius 2 is 1.79 bits per heavy atom. The van der Waals surface area contributed by atoms with E-state index in [4.69, 9.17) is 5.26 Å². The van der Waals surface area contributed by atoms with Gasteiger partial charge in [0.25, 0.3) is 0 Å². The normalized spacial score (nSPS) is 12.7. The van der Waals surface area contributed by atoms with Crippen molar-refractivity contribution in [3.63, 3.8) is 0 Å². The number of nitrogens with zero attached hydrogens (tertiary/aromatic N) is 2. The van der Waals surface area contributed by atoms with Gasteiger partial charge in [0.2, 0.25) is 10.0 Å². The molecule has 0 fully saturated rings. The van der Waals surface area contributed by atoms with E-state index in [9.17, 15) is 12.8 Å². The van der Waals surface area contributed by atoms with Gasteiger partial charge in [0.1, 0.15) is 17.4 Å². The number of hydrogen-bond donors (Lipinski definition) is 1. The average Bonchev–Trinajstić information content (AvgIpc) is 2.55. The SMILES string of the molecule is C[C@H](Nc1cccc(F)c1C#N)c1ccc(S(=O)(=O)N(C)C)cc1. The van der Waals surface area contributed by atoms with Crippen LogP contribution in [0.5, 0.6) is 0 Å². The van der Waals surface area contributed by atoms with Crippen LogP contribution in [0.25, 0.3) is 0 Å². The molecule has 0 bridgehead atoms. The molecule has 0 saturated heterocycles. The molecule has 1 atom stereocenters. The second-order valence-electron chi connectivity index (χ2n) is 5.50. The van der Waals surface area contributed by atoms with Crippen molar-refractivity contribution in [2.75, 3.05) is 19.4 Å². The molecule has 24 heavy (non-hydrogen) atoms. The smallest absolute Gasteiger partial charge is 0.242 e. The molecule has 0 aliphatic rings. The highest BCUT2D eigenvalue weighted by molar-refractivity contribution is 7.89. The summed E-state index contributed by atoms with van der Waals surface area (Å²) in [5.41, 5.74) is 1.17. The Bertz CT molecular complexity index is 872. The van der Waals surface area contributed by atoms with Crippen LogP contribution in [0.15, 0.2) is 47.4 Å². The molecule has 0 aliphatic heterocycles. The number of nitriles is 1. The third-order valence-electron chi connectivity index (χ3n) is 3.66. The largest absolute Gasteiger partial charge is 0.377 e. The van der Waals surface area contributed by atoms with Crippen LogP contribution >= 0.6 is 0 Å². The molecule has 1 N–H and O–H groups in total. The van der Waals surface area contributed by atoms with Crippen LogP contribution < -0.4 is 5.32 Å². The maximum Gasteiger partial charge on any atom is 0.242 e. The summed E-state index contributed by atoms with van der Waals surface area (Å²) in [5, 5.41) is 12.1. The van der Waals surface area contributed by atoms with Gasteiger partial charge in [-0.2, -0.15) is 5.26 Å². The molecule has 0 spiro atoms. The predicted molar refractivity (Wildman–Crippen MR) is 90.5 cm³/mol. The molecule has 0 unspecified atom stereocenters. The van der Waals surface area contributed by atoms with Crippen molar-refractivity contribution in [3.05, 3.63) is 59.4 Å². The van der Waals surface area contributed by atoms with Crippen LogP contribution in [0.2, 0.25) is 0 Å². The number of hydrogen-bond acceptors (Lipinski definition) is 4. The number of sulfonamides is 1. The van der Waals surface area contributed by atoms with Crippen molar-refractivity contribution >= 4 is 15.7 Å². The summed E-state index contributed by atoms with van der Waals surface area (Å²) in [6.45, 7) is 1.85. The van der Waals surface area contributed by atoms with Crippen molar-refractivity contribution in [3.8, 4) is 6.07 Å². The van der Waals surface area contributed by atoms with Crippen molar-refractivity contribution in [1.82, 2.24) is 4.31 Å². The molecule has 2 aromatic rings. The lowest BCUT2D eigenvalue weighted by Gasteiger charge is -2.18. The molecule has 0 amide bonds. The van der Waals surface area contributed by atoms with Crippen LogP contribution in [0.1, 0.15) is 24.1 Å². The highest BCUT2D eigenvalue weighted by atomic mass is 32.2. The van der Waals surface area contributed by atoms with Crippen molar-refractivity contribution in [1.29, 1.82) is 5.26 Å². The molecule has 2 rings (SSSR count). The molecular formula is C17H18FN3O2S. The third-order valence-corrected chi connectivity index (χ3v) is 5.49. The molecule has 0 radical (unpaired) electrons. The quantitative estimate of drug-likeness (QED) is 0.902. The maximum absolute atomic E-state index is 13.6. The van der Waals surface area contributed by atoms with E-state index in [1.54, 1.807) is 18.2 Å². The lowest BCUT2D eigenvalue weighted by molar-refractivity contribution is 0.520. The van der Waals surface area contributed by atoms with E-state index in [0.717, 1.165) is 9.87 Å². The second kappa shape index (κ2) is 6.99. The molecule has 0 aliphatic carbocycles. The first-order valence-corrected chi connectivity index (χ1v) is 8.69. The standard InChI is InChI=1S/C17H18FN3O2S/c1-12(20-17-6-4-5-16(18)15(17)11-19)13-7-9-14(10-8-13)24(22,23)21(2)3/h4-10,12,20H,1-3H3/t12-/m0/s1. The summed E-state index contributed by atoms with van der Waals surface area (Å²) >= 11 is 0. The number of nitrogens with one attached hydrogen (secondary N) is 1. The Hall–Kier alpha value is -2.43. The molecular weight excluding hydrogens is 329 g/mol. The Morgan fingerprint density at radius 3 is 2.33 bits per heavy atom. The Labute approximate surface area is 141 Å². The molecule has 126 valence electrons. The summed E-state index contributed by atoms with van der Waals surface area (Å²) in [7, 11) is -0.528. The van der Waals surface area contributed by atoms with Gasteiger partial charge in [-0.1, -0.05) is 18.2 Å². The third kappa shape index (κ3) is 3.55. The number of anilines is 1. The summed E-state index contributed by atoms with van der Waals surface area (Å²) in [5.74, 6) is -0.581. The van der Waals surface area contributed by atoms with Gasteiger partial charge in [-0.25, -0.2) is 17.1 Å². The molecule has 0 saturated carbocycles. The fraction of sp³-hybridized carbons (Fsp3) is 0.235. The van der Waals surface area contributed by atoms with Gasteiger partial charge in [0, 0.05) is 20.1 Å². The van der Waals surface area contributed by atoms with E-state index in [2.05, 4.69) is 5.32 Å². The summed E-state index contributed by atoms with van der Waals surface area (Å²) < 4.78 is 38.9. The minimum absolute atomic E-state index is 0.0452. The van der Waals surface area contributed by atoms with Gasteiger partial charge in [0.05, 0.1) is 10.6 Å². The van der Waals surface area contributed by atoms with Crippen LogP contribution in [-0.2, 0) is 10.0 Å². The molecule has 2 aromatic carbocycles. The first-order chi connectivity index (χ1) is 11.3. The zero-order valence-electron chi connectivity index (χ0n) is 13.6. The van der Waals surface area contributed by atoms with Gasteiger partial charge in [-0.15, -0.1) is 0 Å². The minimum atomic E-state index is -3.47. The summed E-state index contributed by atoms with van der Waals surface area (Å²) in [6.07, 6.45) is 0. The zero-order chi connectivity index (χ0) is 17.9. The van der Waals surface area contributed by atoms with E-state index in [-0.39, 0.29) is 16.5 Å². The molecule has 7 heteroatoms. The fourth-order valence-electron chi connectivity index (χ4n) is 2.21. The second-order valence-corrected chi connectivity index (χ2v) is 7.65. The average molecular weight is 347 g/mol. The van der Waals surface area contributed by atoms with Crippen LogP contribution in [0.4, 0.5) is 10.1 Å². The molecule has 5 nitrogen and oxygen atoms in total. The van der Waals surface area contributed by atoms with Crippen LogP contribution in [-0.4, -0.2) is 26.8 Å². The van der Waals surface area contributed by atoms with E-state index >= 15 is 0 Å². The monoisotopic (exact) mass is 347 g/mol. The Kier molecular flexibility index (Phi) is 5.22. The Balaban J connectivity index is 2.25. The minimum Gasteiger partial charge on any atom is -0.377 e.